The van der Waals surface area contributed by atoms with Crippen LogP contribution < -0.4 is 20.3 Å². The van der Waals surface area contributed by atoms with E-state index in [1.807, 2.05) is 48.5 Å². The van der Waals surface area contributed by atoms with E-state index in [1.165, 1.54) is 6.07 Å². The molecule has 148 valence electrons. The van der Waals surface area contributed by atoms with E-state index in [0.29, 0.717) is 37.0 Å². The summed E-state index contributed by atoms with van der Waals surface area (Å²) >= 11 is 0. The summed E-state index contributed by atoms with van der Waals surface area (Å²) in [5.74, 6) is 1.33. The Morgan fingerprint density at radius 1 is 1.10 bits per heavy atom. The molecular weight excluding hydrogens is 370 g/mol. The first-order chi connectivity index (χ1) is 14.1. The third-order valence-electron chi connectivity index (χ3n) is 4.65. The molecule has 1 aliphatic rings. The zero-order valence-corrected chi connectivity index (χ0v) is 16.0. The van der Waals surface area contributed by atoms with Crippen molar-refractivity contribution in [1.29, 1.82) is 0 Å². The van der Waals surface area contributed by atoms with E-state index >= 15 is 0 Å². The van der Waals surface area contributed by atoms with E-state index in [1.54, 1.807) is 6.92 Å². The fourth-order valence-corrected chi connectivity index (χ4v) is 3.31. The van der Waals surface area contributed by atoms with Crippen LogP contribution in [-0.2, 0) is 6.42 Å². The van der Waals surface area contributed by atoms with Crippen LogP contribution in [0.4, 0.5) is 0 Å². The van der Waals surface area contributed by atoms with Crippen molar-refractivity contribution < 1.29 is 14.3 Å². The van der Waals surface area contributed by atoms with Crippen molar-refractivity contribution in [3.63, 3.8) is 0 Å². The zero-order valence-electron chi connectivity index (χ0n) is 16.0. The van der Waals surface area contributed by atoms with Gasteiger partial charge in [-0.3, -0.25) is 9.59 Å². The maximum Gasteiger partial charge on any atom is 0.270 e. The largest absolute Gasteiger partial charge is 0.486 e. The van der Waals surface area contributed by atoms with Gasteiger partial charge in [0, 0.05) is 6.07 Å². The summed E-state index contributed by atoms with van der Waals surface area (Å²) in [6.07, 6.45) is 0.578. The Morgan fingerprint density at radius 3 is 2.62 bits per heavy atom. The molecule has 0 bridgehead atoms. The van der Waals surface area contributed by atoms with Crippen LogP contribution in [-0.4, -0.2) is 29.1 Å². The molecule has 0 spiro atoms. The molecule has 0 saturated carbocycles. The lowest BCUT2D eigenvalue weighted by Gasteiger charge is -2.23. The molecule has 4 rings (SSSR count). The van der Waals surface area contributed by atoms with Gasteiger partial charge in [-0.25, -0.2) is 4.98 Å². The van der Waals surface area contributed by atoms with Crippen molar-refractivity contribution in [1.82, 2.24) is 15.3 Å². The fourth-order valence-electron chi connectivity index (χ4n) is 3.31. The molecule has 1 amide bonds. The van der Waals surface area contributed by atoms with E-state index in [-0.39, 0.29) is 17.3 Å². The molecule has 0 fully saturated rings. The van der Waals surface area contributed by atoms with Crippen LogP contribution >= 0.6 is 0 Å². The Balaban J connectivity index is 1.65. The molecule has 1 aliphatic heterocycles. The summed E-state index contributed by atoms with van der Waals surface area (Å²) < 4.78 is 11.3. The van der Waals surface area contributed by atoms with E-state index in [4.69, 9.17) is 9.47 Å². The predicted molar refractivity (Wildman–Crippen MR) is 107 cm³/mol. The third-order valence-corrected chi connectivity index (χ3v) is 4.65. The highest BCUT2D eigenvalue weighted by Crippen LogP contribution is 2.33. The smallest absolute Gasteiger partial charge is 0.270 e. The van der Waals surface area contributed by atoms with Crippen LogP contribution in [0.5, 0.6) is 11.5 Å². The molecule has 7 heteroatoms. The SMILES string of the molecule is Cc1nc(C(=O)N[C@H](Cc2ccccc2)c2ccc3c(c2)OCCO3)cc(=O)[nH]1. The number of nitrogens with zero attached hydrogens (tertiary/aromatic N) is 1. The highest BCUT2D eigenvalue weighted by Gasteiger charge is 2.21. The molecule has 2 aromatic carbocycles. The molecule has 0 saturated heterocycles. The highest BCUT2D eigenvalue weighted by atomic mass is 16.6. The van der Waals surface area contributed by atoms with Gasteiger partial charge in [0.15, 0.2) is 11.5 Å². The van der Waals surface area contributed by atoms with Crippen molar-refractivity contribution in [3.8, 4) is 11.5 Å². The number of rotatable bonds is 5. The first kappa shape index (κ1) is 18.7. The number of hydrogen-bond donors (Lipinski definition) is 2. The normalized spacial score (nSPS) is 13.6. The van der Waals surface area contributed by atoms with Crippen LogP contribution in [0, 0.1) is 6.92 Å². The number of amides is 1. The fraction of sp³-hybridized carbons (Fsp3) is 0.227. The zero-order chi connectivity index (χ0) is 20.2. The lowest BCUT2D eigenvalue weighted by molar-refractivity contribution is 0.0930. The molecular formula is C22H21N3O4. The van der Waals surface area contributed by atoms with Gasteiger partial charge in [-0.1, -0.05) is 36.4 Å². The van der Waals surface area contributed by atoms with Crippen molar-refractivity contribution in [2.45, 2.75) is 19.4 Å². The number of fused-ring (bicyclic) bond motifs is 1. The predicted octanol–water partition coefficient (Wildman–Crippen LogP) is 2.56. The van der Waals surface area contributed by atoms with Gasteiger partial charge in [-0.15, -0.1) is 0 Å². The van der Waals surface area contributed by atoms with Gasteiger partial charge in [0.05, 0.1) is 6.04 Å². The van der Waals surface area contributed by atoms with Crippen molar-refractivity contribution >= 4 is 5.91 Å². The quantitative estimate of drug-likeness (QED) is 0.697. The Kier molecular flexibility index (Phi) is 5.29. The average molecular weight is 391 g/mol. The lowest BCUT2D eigenvalue weighted by atomic mass is 9.98. The Morgan fingerprint density at radius 2 is 1.86 bits per heavy atom. The average Bonchev–Trinajstić information content (AvgIpc) is 2.73. The standard InChI is InChI=1S/C22H21N3O4/c1-14-23-18(13-21(26)24-14)22(27)25-17(11-15-5-3-2-4-6-15)16-7-8-19-20(12-16)29-10-9-28-19/h2-8,12-13,17H,9-11H2,1H3,(H,25,27)(H,23,24,26)/t17-/m1/s1. The highest BCUT2D eigenvalue weighted by molar-refractivity contribution is 5.92. The molecule has 1 atom stereocenters. The van der Waals surface area contributed by atoms with E-state index in [2.05, 4.69) is 15.3 Å². The first-order valence-electron chi connectivity index (χ1n) is 9.41. The minimum Gasteiger partial charge on any atom is -0.486 e. The Labute approximate surface area is 167 Å². The number of aromatic amines is 1. The molecule has 0 unspecified atom stereocenters. The lowest BCUT2D eigenvalue weighted by Crippen LogP contribution is -2.32. The molecule has 1 aromatic heterocycles. The monoisotopic (exact) mass is 391 g/mol. The van der Waals surface area contributed by atoms with Gasteiger partial charge in [-0.2, -0.15) is 0 Å². The van der Waals surface area contributed by atoms with E-state index in [9.17, 15) is 9.59 Å². The van der Waals surface area contributed by atoms with Crippen molar-refractivity contribution in [3.05, 3.63) is 87.6 Å². The van der Waals surface area contributed by atoms with Gasteiger partial charge < -0.3 is 19.8 Å². The van der Waals surface area contributed by atoms with Crippen LogP contribution in [0.2, 0.25) is 0 Å². The summed E-state index contributed by atoms with van der Waals surface area (Å²) in [7, 11) is 0. The summed E-state index contributed by atoms with van der Waals surface area (Å²) in [5, 5.41) is 3.01. The second kappa shape index (κ2) is 8.18. The molecule has 2 heterocycles. The van der Waals surface area contributed by atoms with Gasteiger partial charge in [0.1, 0.15) is 24.7 Å². The number of ether oxygens (including phenoxy) is 2. The van der Waals surface area contributed by atoms with Gasteiger partial charge in [0.25, 0.3) is 11.5 Å². The number of carbonyl (C=O) groups is 1. The van der Waals surface area contributed by atoms with E-state index < -0.39 is 5.91 Å². The van der Waals surface area contributed by atoms with Crippen LogP contribution in [0.15, 0.2) is 59.4 Å². The summed E-state index contributed by atoms with van der Waals surface area (Å²) in [6.45, 7) is 2.65. The number of aryl methyl sites for hydroxylation is 1. The first-order valence-corrected chi connectivity index (χ1v) is 9.41. The van der Waals surface area contributed by atoms with E-state index in [0.717, 1.165) is 11.1 Å². The third kappa shape index (κ3) is 4.45. The van der Waals surface area contributed by atoms with Gasteiger partial charge in [-0.05, 0) is 36.6 Å². The molecule has 0 radical (unpaired) electrons. The number of benzene rings is 2. The second-order valence-corrected chi connectivity index (χ2v) is 6.83. The molecule has 2 N–H and O–H groups in total. The van der Waals surface area contributed by atoms with Crippen molar-refractivity contribution in [2.75, 3.05) is 13.2 Å². The Bertz CT molecular complexity index is 1080. The van der Waals surface area contributed by atoms with Crippen LogP contribution in [0.3, 0.4) is 0 Å². The molecule has 3 aromatic rings. The maximum absolute atomic E-state index is 12.8. The molecule has 0 aliphatic carbocycles. The number of H-pyrrole nitrogens is 1. The number of nitrogens with one attached hydrogen (secondary N) is 2. The summed E-state index contributed by atoms with van der Waals surface area (Å²) in [6, 6.07) is 16.4. The molecule has 29 heavy (non-hydrogen) atoms. The van der Waals surface area contributed by atoms with Crippen molar-refractivity contribution in [2.24, 2.45) is 0 Å². The summed E-state index contributed by atoms with van der Waals surface area (Å²) in [5.41, 5.74) is 1.68. The molecule has 7 nitrogen and oxygen atoms in total. The van der Waals surface area contributed by atoms with Crippen LogP contribution in [0.1, 0.15) is 33.5 Å². The minimum atomic E-state index is -0.407. The number of carbonyl (C=O) groups excluding carboxylic acids is 1. The summed E-state index contributed by atoms with van der Waals surface area (Å²) in [4.78, 5) is 31.2. The van der Waals surface area contributed by atoms with Gasteiger partial charge >= 0.3 is 0 Å². The number of aromatic nitrogens is 2. The number of hydrogen-bond acceptors (Lipinski definition) is 5. The second-order valence-electron chi connectivity index (χ2n) is 6.83. The van der Waals surface area contributed by atoms with Gasteiger partial charge in [0.2, 0.25) is 0 Å². The topological polar surface area (TPSA) is 93.3 Å². The minimum absolute atomic E-state index is 0.0851. The van der Waals surface area contributed by atoms with Crippen LogP contribution in [0.25, 0.3) is 0 Å². The Hall–Kier alpha value is -3.61. The maximum atomic E-state index is 12.8.